The number of halogens is 3. The number of carboxylic acids is 1. The van der Waals surface area contributed by atoms with Gasteiger partial charge in [0.25, 0.3) is 0 Å². The molecule has 0 radical (unpaired) electrons. The molecule has 1 saturated carbocycles. The monoisotopic (exact) mass is 419 g/mol. The lowest BCUT2D eigenvalue weighted by Gasteiger charge is -2.52. The number of nitrogens with zero attached hydrogens (tertiary/aromatic N) is 2. The Kier molecular flexibility index (Phi) is 7.96. The Morgan fingerprint density at radius 1 is 1.21 bits per heavy atom. The van der Waals surface area contributed by atoms with Gasteiger partial charge in [0.2, 0.25) is 0 Å². The van der Waals surface area contributed by atoms with Gasteiger partial charge in [-0.2, -0.15) is 13.2 Å². The molecular weight excluding hydrogens is 387 g/mol. The summed E-state index contributed by atoms with van der Waals surface area (Å²) in [6.07, 6.45) is 8.56. The third kappa shape index (κ3) is 7.21. The molecule has 29 heavy (non-hydrogen) atoms. The molecule has 0 aromatic carbocycles. The van der Waals surface area contributed by atoms with Crippen LogP contribution in [0.15, 0.2) is 12.2 Å². The van der Waals surface area contributed by atoms with Gasteiger partial charge in [-0.25, -0.2) is 9.59 Å². The van der Waals surface area contributed by atoms with E-state index in [1.807, 2.05) is 14.1 Å². The molecule has 1 aliphatic heterocycles. The first-order valence-electron chi connectivity index (χ1n) is 10.2. The molecule has 2 fully saturated rings. The minimum atomic E-state index is -5.08. The van der Waals surface area contributed by atoms with Crippen molar-refractivity contribution < 1.29 is 27.9 Å². The van der Waals surface area contributed by atoms with Crippen molar-refractivity contribution in [3.63, 3.8) is 0 Å². The van der Waals surface area contributed by atoms with Crippen LogP contribution in [0.5, 0.6) is 0 Å². The fourth-order valence-corrected chi connectivity index (χ4v) is 4.40. The van der Waals surface area contributed by atoms with Crippen molar-refractivity contribution in [1.82, 2.24) is 15.1 Å². The van der Waals surface area contributed by atoms with Gasteiger partial charge >= 0.3 is 18.2 Å². The van der Waals surface area contributed by atoms with Crippen LogP contribution in [0.25, 0.3) is 0 Å². The highest BCUT2D eigenvalue weighted by Crippen LogP contribution is 2.49. The number of amides is 2. The van der Waals surface area contributed by atoms with Gasteiger partial charge in [0.1, 0.15) is 0 Å². The van der Waals surface area contributed by atoms with E-state index in [0.29, 0.717) is 11.5 Å². The van der Waals surface area contributed by atoms with E-state index in [1.54, 1.807) is 4.90 Å². The van der Waals surface area contributed by atoms with E-state index in [-0.39, 0.29) is 6.03 Å². The number of rotatable bonds is 3. The molecule has 0 aromatic rings. The van der Waals surface area contributed by atoms with Crippen LogP contribution in [0.4, 0.5) is 18.0 Å². The summed E-state index contributed by atoms with van der Waals surface area (Å²) in [5, 5.41) is 10.3. The number of piperidine rings is 1. The number of nitrogens with one attached hydrogen (secondary N) is 1. The molecular formula is C20H32F3N3O3. The average molecular weight is 419 g/mol. The van der Waals surface area contributed by atoms with Gasteiger partial charge in [-0.1, -0.05) is 12.2 Å². The lowest BCUT2D eigenvalue weighted by atomic mass is 9.60. The molecule has 3 rings (SSSR count). The van der Waals surface area contributed by atoms with E-state index in [0.717, 1.165) is 5.92 Å². The lowest BCUT2D eigenvalue weighted by Crippen LogP contribution is -2.56. The molecule has 0 aromatic heterocycles. The van der Waals surface area contributed by atoms with Gasteiger partial charge in [0, 0.05) is 26.7 Å². The number of alkyl halides is 3. The van der Waals surface area contributed by atoms with E-state index >= 15 is 0 Å². The first kappa shape index (κ1) is 23.5. The van der Waals surface area contributed by atoms with Crippen LogP contribution in [0, 0.1) is 11.3 Å². The molecule has 1 saturated heterocycles. The summed E-state index contributed by atoms with van der Waals surface area (Å²) in [7, 11) is 3.62. The average Bonchev–Trinajstić information content (AvgIpc) is 2.62. The minimum absolute atomic E-state index is 0.0580. The third-order valence-electron chi connectivity index (χ3n) is 6.15. The SMILES string of the molecule is CN(C)C(=O)NC1CC2(CCN(CC3CC=CCC3)CC2)C1.O=C(O)C(F)(F)F. The second-order valence-corrected chi connectivity index (χ2v) is 8.70. The molecule has 1 unspecified atom stereocenters. The van der Waals surface area contributed by atoms with Crippen LogP contribution in [-0.2, 0) is 4.79 Å². The van der Waals surface area contributed by atoms with Crippen LogP contribution in [-0.4, -0.2) is 72.9 Å². The second-order valence-electron chi connectivity index (χ2n) is 8.70. The summed E-state index contributed by atoms with van der Waals surface area (Å²) in [5.41, 5.74) is 0.535. The number of likely N-dealkylation sites (tertiary alicyclic amines) is 1. The molecule has 2 N–H and O–H groups in total. The number of hydrogen-bond acceptors (Lipinski definition) is 3. The normalized spacial score (nSPS) is 24.2. The first-order chi connectivity index (χ1) is 13.5. The number of carboxylic acid groups (broad SMARTS) is 1. The van der Waals surface area contributed by atoms with Crippen molar-refractivity contribution in [2.75, 3.05) is 33.7 Å². The zero-order valence-electron chi connectivity index (χ0n) is 17.2. The topological polar surface area (TPSA) is 72.9 Å². The van der Waals surface area contributed by atoms with Gasteiger partial charge < -0.3 is 20.2 Å². The Morgan fingerprint density at radius 3 is 2.24 bits per heavy atom. The van der Waals surface area contributed by atoms with Gasteiger partial charge in [-0.3, -0.25) is 0 Å². The van der Waals surface area contributed by atoms with Gasteiger partial charge in [-0.05, 0) is 69.4 Å². The maximum absolute atomic E-state index is 11.7. The van der Waals surface area contributed by atoms with E-state index in [9.17, 15) is 18.0 Å². The largest absolute Gasteiger partial charge is 0.490 e. The van der Waals surface area contributed by atoms with Crippen molar-refractivity contribution in [3.05, 3.63) is 12.2 Å². The van der Waals surface area contributed by atoms with Gasteiger partial charge in [0.05, 0.1) is 0 Å². The predicted octanol–water partition coefficient (Wildman–Crippen LogP) is 3.49. The van der Waals surface area contributed by atoms with Crippen LogP contribution in [0.2, 0.25) is 0 Å². The predicted molar refractivity (Wildman–Crippen MR) is 104 cm³/mol. The number of hydrogen-bond donors (Lipinski definition) is 2. The van der Waals surface area contributed by atoms with E-state index in [4.69, 9.17) is 9.90 Å². The smallest absolute Gasteiger partial charge is 0.475 e. The summed E-state index contributed by atoms with van der Waals surface area (Å²) in [4.78, 5) is 24.9. The van der Waals surface area contributed by atoms with Gasteiger partial charge in [0.15, 0.2) is 0 Å². The summed E-state index contributed by atoms with van der Waals surface area (Å²) in [6.45, 7) is 3.81. The highest BCUT2D eigenvalue weighted by molar-refractivity contribution is 5.74. The number of urea groups is 1. The summed E-state index contributed by atoms with van der Waals surface area (Å²) < 4.78 is 31.7. The molecule has 1 heterocycles. The zero-order valence-corrected chi connectivity index (χ0v) is 17.2. The van der Waals surface area contributed by atoms with E-state index < -0.39 is 12.1 Å². The van der Waals surface area contributed by atoms with E-state index in [1.165, 1.54) is 64.6 Å². The summed E-state index contributed by atoms with van der Waals surface area (Å²) >= 11 is 0. The number of allylic oxidation sites excluding steroid dienone is 2. The Balaban J connectivity index is 0.000000370. The summed E-state index contributed by atoms with van der Waals surface area (Å²) in [5.74, 6) is -1.87. The molecule has 2 aliphatic carbocycles. The molecule has 1 spiro atoms. The lowest BCUT2D eigenvalue weighted by molar-refractivity contribution is -0.192. The quantitative estimate of drug-likeness (QED) is 0.687. The molecule has 3 aliphatic rings. The van der Waals surface area contributed by atoms with Crippen molar-refractivity contribution >= 4 is 12.0 Å². The van der Waals surface area contributed by atoms with Crippen molar-refractivity contribution in [2.45, 2.75) is 57.2 Å². The Morgan fingerprint density at radius 2 is 1.79 bits per heavy atom. The Bertz CT molecular complexity index is 592. The molecule has 0 bridgehead atoms. The van der Waals surface area contributed by atoms with Crippen LogP contribution in [0.3, 0.4) is 0 Å². The van der Waals surface area contributed by atoms with Crippen LogP contribution >= 0.6 is 0 Å². The molecule has 9 heteroatoms. The van der Waals surface area contributed by atoms with Crippen molar-refractivity contribution in [2.24, 2.45) is 11.3 Å². The number of carbonyl (C=O) groups excluding carboxylic acids is 1. The molecule has 6 nitrogen and oxygen atoms in total. The van der Waals surface area contributed by atoms with Crippen molar-refractivity contribution in [1.29, 1.82) is 0 Å². The summed E-state index contributed by atoms with van der Waals surface area (Å²) in [6, 6.07) is 0.465. The Labute approximate surface area is 170 Å². The maximum Gasteiger partial charge on any atom is 0.490 e. The van der Waals surface area contributed by atoms with Crippen LogP contribution in [0.1, 0.15) is 44.9 Å². The Hall–Kier alpha value is -1.77. The highest BCUT2D eigenvalue weighted by Gasteiger charge is 2.46. The van der Waals surface area contributed by atoms with Gasteiger partial charge in [-0.15, -0.1) is 0 Å². The molecule has 2 amide bonds. The number of aliphatic carboxylic acids is 1. The maximum atomic E-state index is 11.7. The first-order valence-corrected chi connectivity index (χ1v) is 10.2. The fourth-order valence-electron chi connectivity index (χ4n) is 4.40. The second kappa shape index (κ2) is 9.82. The zero-order chi connectivity index (χ0) is 21.7. The van der Waals surface area contributed by atoms with Crippen molar-refractivity contribution in [3.8, 4) is 0 Å². The fraction of sp³-hybridized carbons (Fsp3) is 0.800. The minimum Gasteiger partial charge on any atom is -0.475 e. The van der Waals surface area contributed by atoms with Crippen LogP contribution < -0.4 is 5.32 Å². The highest BCUT2D eigenvalue weighted by atomic mass is 19.4. The molecule has 1 atom stereocenters. The third-order valence-corrected chi connectivity index (χ3v) is 6.15. The number of carbonyl (C=O) groups is 2. The molecule has 166 valence electrons. The standard InChI is InChI=1S/C18H31N3O.C2HF3O2/c1-20(2)17(22)19-16-12-18(13-16)8-10-21(11-9-18)14-15-6-4-3-5-7-15;3-2(4,5)1(6)7/h3-4,15-16H,5-14H2,1-2H3,(H,19,22);(H,6,7). The van der Waals surface area contributed by atoms with E-state index in [2.05, 4.69) is 22.4 Å².